The van der Waals surface area contributed by atoms with Gasteiger partial charge < -0.3 is 20.7 Å². The molecule has 0 saturated heterocycles. The Morgan fingerprint density at radius 1 is 1.33 bits per heavy atom. The van der Waals surface area contributed by atoms with Crippen LogP contribution in [0, 0.1) is 0 Å². The predicted octanol–water partition coefficient (Wildman–Crippen LogP) is 2.04. The van der Waals surface area contributed by atoms with Crippen LogP contribution in [-0.2, 0) is 9.53 Å². The van der Waals surface area contributed by atoms with E-state index in [0.29, 0.717) is 5.69 Å². The highest BCUT2D eigenvalue weighted by Crippen LogP contribution is 2.17. The molecule has 0 saturated carbocycles. The molecule has 0 aromatic heterocycles. The van der Waals surface area contributed by atoms with Crippen LogP contribution >= 0.6 is 0 Å². The van der Waals surface area contributed by atoms with E-state index in [1.165, 1.54) is 7.11 Å². The fraction of sp³-hybridized carbons (Fsp3) is 0.467. The van der Waals surface area contributed by atoms with Gasteiger partial charge in [-0.25, -0.2) is 4.79 Å². The molecule has 3 N–H and O–H groups in total. The summed E-state index contributed by atoms with van der Waals surface area (Å²) in [6.45, 7) is 5.24. The van der Waals surface area contributed by atoms with Gasteiger partial charge >= 0.3 is 12.0 Å². The van der Waals surface area contributed by atoms with Crippen molar-refractivity contribution in [3.63, 3.8) is 0 Å². The topological polar surface area (TPSA) is 79.5 Å². The van der Waals surface area contributed by atoms with E-state index in [-0.39, 0.29) is 31.0 Å². The van der Waals surface area contributed by atoms with Crippen LogP contribution in [-0.4, -0.2) is 32.2 Å². The standard InChI is InChI=1S/C15H23N3O3/c1-4-16-11(2)12-6-5-7-13(10-12)18-15(20)17-9-8-14(19)21-3/h5-7,10-11,16H,4,8-9H2,1-3H3,(H2,17,18,20). The van der Waals surface area contributed by atoms with Gasteiger partial charge in [0, 0.05) is 18.3 Å². The van der Waals surface area contributed by atoms with E-state index >= 15 is 0 Å². The number of esters is 1. The van der Waals surface area contributed by atoms with Crippen molar-refractivity contribution in [1.29, 1.82) is 0 Å². The number of methoxy groups -OCH3 is 1. The van der Waals surface area contributed by atoms with E-state index in [1.54, 1.807) is 0 Å². The third kappa shape index (κ3) is 6.27. The van der Waals surface area contributed by atoms with Crippen molar-refractivity contribution in [3.8, 4) is 0 Å². The van der Waals surface area contributed by atoms with Gasteiger partial charge in [-0.05, 0) is 31.2 Å². The van der Waals surface area contributed by atoms with Crippen LogP contribution in [0.2, 0.25) is 0 Å². The fourth-order valence-corrected chi connectivity index (χ4v) is 1.87. The number of nitrogens with one attached hydrogen (secondary N) is 3. The van der Waals surface area contributed by atoms with E-state index in [0.717, 1.165) is 12.1 Å². The third-order valence-electron chi connectivity index (χ3n) is 3.00. The summed E-state index contributed by atoms with van der Waals surface area (Å²) < 4.78 is 4.50. The predicted molar refractivity (Wildman–Crippen MR) is 82.2 cm³/mol. The number of carbonyl (C=O) groups excluding carboxylic acids is 2. The Morgan fingerprint density at radius 3 is 2.76 bits per heavy atom. The molecule has 0 fully saturated rings. The first-order valence-corrected chi connectivity index (χ1v) is 7.01. The molecule has 0 spiro atoms. The lowest BCUT2D eigenvalue weighted by atomic mass is 10.1. The smallest absolute Gasteiger partial charge is 0.319 e. The van der Waals surface area contributed by atoms with E-state index in [2.05, 4.69) is 27.6 Å². The molecule has 1 unspecified atom stereocenters. The molecule has 2 amide bonds. The minimum Gasteiger partial charge on any atom is -0.469 e. The lowest BCUT2D eigenvalue weighted by molar-refractivity contribution is -0.140. The van der Waals surface area contributed by atoms with Crippen LogP contribution in [0.15, 0.2) is 24.3 Å². The molecule has 116 valence electrons. The molecule has 6 heteroatoms. The lowest BCUT2D eigenvalue weighted by Crippen LogP contribution is -2.30. The Bertz CT molecular complexity index is 477. The van der Waals surface area contributed by atoms with E-state index in [4.69, 9.17) is 0 Å². The first-order valence-electron chi connectivity index (χ1n) is 7.01. The maximum atomic E-state index is 11.7. The van der Waals surface area contributed by atoms with Gasteiger partial charge in [0.25, 0.3) is 0 Å². The van der Waals surface area contributed by atoms with Crippen LogP contribution in [0.25, 0.3) is 0 Å². The van der Waals surface area contributed by atoms with Crippen LogP contribution in [0.4, 0.5) is 10.5 Å². The molecule has 0 aliphatic heterocycles. The summed E-state index contributed by atoms with van der Waals surface area (Å²) in [5.74, 6) is -0.350. The minimum absolute atomic E-state index is 0.154. The maximum Gasteiger partial charge on any atom is 0.319 e. The third-order valence-corrected chi connectivity index (χ3v) is 3.00. The van der Waals surface area contributed by atoms with Gasteiger partial charge in [-0.1, -0.05) is 19.1 Å². The second-order valence-electron chi connectivity index (χ2n) is 4.61. The van der Waals surface area contributed by atoms with Crippen molar-refractivity contribution in [3.05, 3.63) is 29.8 Å². The number of hydrogen-bond donors (Lipinski definition) is 3. The summed E-state index contributed by atoms with van der Waals surface area (Å²) in [7, 11) is 1.32. The van der Waals surface area contributed by atoms with Gasteiger partial charge in [-0.2, -0.15) is 0 Å². The largest absolute Gasteiger partial charge is 0.469 e. The minimum atomic E-state index is -0.350. The van der Waals surface area contributed by atoms with Gasteiger partial charge in [0.05, 0.1) is 13.5 Å². The molecule has 1 atom stereocenters. The van der Waals surface area contributed by atoms with Gasteiger partial charge in [0.2, 0.25) is 0 Å². The molecular weight excluding hydrogens is 270 g/mol. The normalized spacial score (nSPS) is 11.6. The quantitative estimate of drug-likeness (QED) is 0.672. The number of ether oxygens (including phenoxy) is 1. The Hall–Kier alpha value is -2.08. The molecule has 0 aliphatic rings. The van der Waals surface area contributed by atoms with Gasteiger partial charge in [-0.15, -0.1) is 0 Å². The van der Waals surface area contributed by atoms with Crippen LogP contribution in [0.1, 0.15) is 31.9 Å². The zero-order valence-electron chi connectivity index (χ0n) is 12.7. The van der Waals surface area contributed by atoms with Crippen molar-refractivity contribution in [2.24, 2.45) is 0 Å². The molecule has 0 bridgehead atoms. The summed E-state index contributed by atoms with van der Waals surface area (Å²) in [6, 6.07) is 7.53. The van der Waals surface area contributed by atoms with Gasteiger partial charge in [0.1, 0.15) is 0 Å². The molecule has 1 rings (SSSR count). The fourth-order valence-electron chi connectivity index (χ4n) is 1.87. The lowest BCUT2D eigenvalue weighted by Gasteiger charge is -2.14. The van der Waals surface area contributed by atoms with Crippen LogP contribution in [0.3, 0.4) is 0 Å². The number of amides is 2. The van der Waals surface area contributed by atoms with Gasteiger partial charge in [-0.3, -0.25) is 4.79 Å². The highest BCUT2D eigenvalue weighted by atomic mass is 16.5. The second-order valence-corrected chi connectivity index (χ2v) is 4.61. The summed E-state index contributed by atoms with van der Waals surface area (Å²) in [6.07, 6.45) is 0.154. The Morgan fingerprint density at radius 2 is 2.10 bits per heavy atom. The summed E-state index contributed by atoms with van der Waals surface area (Å²) >= 11 is 0. The van der Waals surface area contributed by atoms with Crippen LogP contribution < -0.4 is 16.0 Å². The molecule has 1 aromatic carbocycles. The molecule has 1 aromatic rings. The van der Waals surface area contributed by atoms with Crippen molar-refractivity contribution < 1.29 is 14.3 Å². The maximum absolute atomic E-state index is 11.7. The molecular formula is C15H23N3O3. The Balaban J connectivity index is 2.48. The zero-order valence-corrected chi connectivity index (χ0v) is 12.7. The van der Waals surface area contributed by atoms with Gasteiger partial charge in [0.15, 0.2) is 0 Å². The number of carbonyl (C=O) groups is 2. The van der Waals surface area contributed by atoms with E-state index in [9.17, 15) is 9.59 Å². The molecule has 0 radical (unpaired) electrons. The SMILES string of the molecule is CCNC(C)c1cccc(NC(=O)NCCC(=O)OC)c1. The van der Waals surface area contributed by atoms with Crippen molar-refractivity contribution >= 4 is 17.7 Å². The van der Waals surface area contributed by atoms with Crippen molar-refractivity contribution in [2.45, 2.75) is 26.3 Å². The number of rotatable bonds is 7. The number of benzene rings is 1. The van der Waals surface area contributed by atoms with Crippen molar-refractivity contribution in [2.75, 3.05) is 25.5 Å². The number of anilines is 1. The van der Waals surface area contributed by atoms with Crippen molar-refractivity contribution in [1.82, 2.24) is 10.6 Å². The average Bonchev–Trinajstić information content (AvgIpc) is 2.47. The summed E-state index contributed by atoms with van der Waals surface area (Å²) in [5.41, 5.74) is 1.82. The zero-order chi connectivity index (χ0) is 15.7. The first-order chi connectivity index (χ1) is 10.1. The average molecular weight is 293 g/mol. The molecule has 0 heterocycles. The van der Waals surface area contributed by atoms with Crippen LogP contribution in [0.5, 0.6) is 0 Å². The summed E-state index contributed by atoms with van der Waals surface area (Å²) in [5, 5.41) is 8.66. The van der Waals surface area contributed by atoms with E-state index in [1.807, 2.05) is 31.2 Å². The number of urea groups is 1. The second kappa shape index (κ2) is 8.97. The first kappa shape index (κ1) is 17.0. The highest BCUT2D eigenvalue weighted by Gasteiger charge is 2.07. The molecule has 0 aliphatic carbocycles. The Kier molecular flexibility index (Phi) is 7.25. The summed E-state index contributed by atoms with van der Waals surface area (Å²) in [4.78, 5) is 22.6. The molecule has 6 nitrogen and oxygen atoms in total. The number of hydrogen-bond acceptors (Lipinski definition) is 4. The Labute approximate surface area is 125 Å². The monoisotopic (exact) mass is 293 g/mol. The highest BCUT2D eigenvalue weighted by molar-refractivity contribution is 5.89. The molecule has 21 heavy (non-hydrogen) atoms. The van der Waals surface area contributed by atoms with E-state index < -0.39 is 0 Å².